The highest BCUT2D eigenvalue weighted by Gasteiger charge is 2.35. The molecule has 1 amide bonds. The molecule has 0 aliphatic carbocycles. The largest absolute Gasteiger partial charge is 0.323 e. The van der Waals surface area contributed by atoms with Gasteiger partial charge in [-0.1, -0.05) is 60.1 Å². The fraction of sp³-hybridized carbons (Fsp3) is 0.0769. The van der Waals surface area contributed by atoms with Gasteiger partial charge >= 0.3 is 0 Å². The number of nitrogens with one attached hydrogen (secondary N) is 1. The van der Waals surface area contributed by atoms with Crippen molar-refractivity contribution in [2.24, 2.45) is 5.92 Å². The van der Waals surface area contributed by atoms with Crippen molar-refractivity contribution in [1.82, 2.24) is 9.78 Å². The molecule has 8 heteroatoms. The summed E-state index contributed by atoms with van der Waals surface area (Å²) in [5.41, 5.74) is 3.72. The van der Waals surface area contributed by atoms with E-state index in [2.05, 4.69) is 10.4 Å². The summed E-state index contributed by atoms with van der Waals surface area (Å²) >= 11 is 7.72. The number of amides is 1. The highest BCUT2D eigenvalue weighted by atomic mass is 35.5. The summed E-state index contributed by atoms with van der Waals surface area (Å²) in [4.78, 5) is 27.5. The Morgan fingerprint density at radius 1 is 1.03 bits per heavy atom. The number of Topliss-reactive ketones (excluding diaryl/α,β-unsaturated/α-hetero) is 1. The highest BCUT2D eigenvalue weighted by Crippen LogP contribution is 2.44. The zero-order valence-corrected chi connectivity index (χ0v) is 19.3. The maximum Gasteiger partial charge on any atom is 0.249 e. The highest BCUT2D eigenvalue weighted by molar-refractivity contribution is 7.98. The Kier molecular flexibility index (Phi) is 5.93. The molecule has 1 N–H and O–H groups in total. The van der Waals surface area contributed by atoms with Crippen molar-refractivity contribution in [3.8, 4) is 23.0 Å². The summed E-state index contributed by atoms with van der Waals surface area (Å²) in [6, 6.07) is 25.9. The smallest absolute Gasteiger partial charge is 0.249 e. The number of nitrogens with zero attached hydrogens (tertiary/aromatic N) is 3. The summed E-state index contributed by atoms with van der Waals surface area (Å²) in [5.74, 6) is -2.45. The van der Waals surface area contributed by atoms with Crippen molar-refractivity contribution >= 4 is 40.7 Å². The number of aromatic nitrogens is 2. The first-order valence-electron chi connectivity index (χ1n) is 10.5. The third-order valence-corrected chi connectivity index (χ3v) is 6.95. The van der Waals surface area contributed by atoms with Crippen LogP contribution in [0.2, 0.25) is 5.02 Å². The second-order valence-electron chi connectivity index (χ2n) is 7.60. The van der Waals surface area contributed by atoms with E-state index in [4.69, 9.17) is 11.6 Å². The maximum atomic E-state index is 13.5. The zero-order valence-electron chi connectivity index (χ0n) is 17.7. The van der Waals surface area contributed by atoms with E-state index in [9.17, 15) is 14.9 Å². The van der Waals surface area contributed by atoms with Crippen LogP contribution in [0, 0.1) is 17.2 Å². The molecule has 1 aliphatic heterocycles. The predicted molar refractivity (Wildman–Crippen MR) is 132 cm³/mol. The SMILES string of the molecule is N#CC(C(=O)Nc1ccccc1Cl)C(=O)c1nn(-c2ccccc2)c2c1CSc1ccccc1-2. The minimum atomic E-state index is -1.57. The van der Waals surface area contributed by atoms with Gasteiger partial charge in [-0.05, 0) is 30.3 Å². The molecule has 34 heavy (non-hydrogen) atoms. The molecule has 0 fully saturated rings. The van der Waals surface area contributed by atoms with Crippen molar-refractivity contribution in [2.75, 3.05) is 5.32 Å². The van der Waals surface area contributed by atoms with Crippen molar-refractivity contribution in [3.63, 3.8) is 0 Å². The number of benzene rings is 3. The molecule has 1 unspecified atom stereocenters. The number of ketones is 1. The van der Waals surface area contributed by atoms with Crippen LogP contribution in [-0.4, -0.2) is 21.5 Å². The fourth-order valence-corrected chi connectivity index (χ4v) is 5.15. The van der Waals surface area contributed by atoms with Crippen LogP contribution in [0.4, 0.5) is 5.69 Å². The monoisotopic (exact) mass is 484 g/mol. The predicted octanol–water partition coefficient (Wildman–Crippen LogP) is 5.76. The van der Waals surface area contributed by atoms with Crippen molar-refractivity contribution in [1.29, 1.82) is 5.26 Å². The van der Waals surface area contributed by atoms with Gasteiger partial charge in [0, 0.05) is 21.8 Å². The van der Waals surface area contributed by atoms with E-state index in [1.54, 1.807) is 40.7 Å². The van der Waals surface area contributed by atoms with Crippen LogP contribution in [0.3, 0.4) is 0 Å². The molecule has 166 valence electrons. The third kappa shape index (κ3) is 3.87. The standard InChI is InChI=1S/C26H17ClN4O2S/c27-20-11-5-6-12-21(20)29-26(33)18(14-28)25(32)23-19-15-34-22-13-7-4-10-17(22)24(19)31(30-23)16-8-2-1-3-9-16/h1-13,18H,15H2,(H,29,33). The number of para-hydroxylation sites is 2. The van der Waals surface area contributed by atoms with E-state index in [0.29, 0.717) is 22.0 Å². The Bertz CT molecular complexity index is 1460. The molecule has 0 bridgehead atoms. The van der Waals surface area contributed by atoms with Gasteiger partial charge in [-0.25, -0.2) is 4.68 Å². The number of rotatable bonds is 5. The number of hydrogen-bond acceptors (Lipinski definition) is 5. The molecule has 0 spiro atoms. The minimum Gasteiger partial charge on any atom is -0.323 e. The number of carbonyl (C=O) groups excluding carboxylic acids is 2. The van der Waals surface area contributed by atoms with E-state index in [0.717, 1.165) is 21.8 Å². The minimum absolute atomic E-state index is 0.127. The van der Waals surface area contributed by atoms with Crippen LogP contribution in [0.25, 0.3) is 16.9 Å². The van der Waals surface area contributed by atoms with Gasteiger partial charge in [0.2, 0.25) is 11.7 Å². The molecule has 1 atom stereocenters. The van der Waals surface area contributed by atoms with E-state index in [-0.39, 0.29) is 5.69 Å². The first-order chi connectivity index (χ1) is 16.6. The van der Waals surface area contributed by atoms with Gasteiger partial charge in [-0.3, -0.25) is 9.59 Å². The van der Waals surface area contributed by atoms with Crippen LogP contribution >= 0.6 is 23.4 Å². The second-order valence-corrected chi connectivity index (χ2v) is 9.03. The van der Waals surface area contributed by atoms with Gasteiger partial charge in [0.1, 0.15) is 5.69 Å². The molecule has 0 saturated heterocycles. The number of anilines is 1. The van der Waals surface area contributed by atoms with Gasteiger partial charge in [0.15, 0.2) is 5.92 Å². The topological polar surface area (TPSA) is 87.8 Å². The van der Waals surface area contributed by atoms with Gasteiger partial charge in [-0.2, -0.15) is 10.4 Å². The molecule has 0 radical (unpaired) electrons. The molecule has 0 saturated carbocycles. The lowest BCUT2D eigenvalue weighted by atomic mass is 9.97. The van der Waals surface area contributed by atoms with Gasteiger partial charge in [-0.15, -0.1) is 11.8 Å². The normalized spacial score (nSPS) is 12.7. The third-order valence-electron chi connectivity index (χ3n) is 5.52. The molecule has 2 heterocycles. The van der Waals surface area contributed by atoms with Crippen molar-refractivity contribution in [2.45, 2.75) is 10.6 Å². The van der Waals surface area contributed by atoms with E-state index in [1.165, 1.54) is 0 Å². The average Bonchev–Trinajstić information content (AvgIpc) is 3.27. The molecule has 3 aromatic carbocycles. The quantitative estimate of drug-likeness (QED) is 0.287. The van der Waals surface area contributed by atoms with E-state index < -0.39 is 17.6 Å². The number of halogens is 1. The summed E-state index contributed by atoms with van der Waals surface area (Å²) in [7, 11) is 0. The molecule has 6 nitrogen and oxygen atoms in total. The summed E-state index contributed by atoms with van der Waals surface area (Å²) in [6.45, 7) is 0. The van der Waals surface area contributed by atoms with Crippen LogP contribution in [0.5, 0.6) is 0 Å². The number of nitriles is 1. The molecular formula is C26H17ClN4O2S. The Morgan fingerprint density at radius 3 is 2.50 bits per heavy atom. The van der Waals surface area contributed by atoms with Crippen LogP contribution in [0.15, 0.2) is 83.8 Å². The fourth-order valence-electron chi connectivity index (χ4n) is 3.90. The summed E-state index contributed by atoms with van der Waals surface area (Å²) < 4.78 is 1.72. The number of hydrogen-bond donors (Lipinski definition) is 1. The number of fused-ring (bicyclic) bond motifs is 3. The molecule has 5 rings (SSSR count). The van der Waals surface area contributed by atoms with Gasteiger partial charge < -0.3 is 5.32 Å². The molecule has 1 aromatic heterocycles. The first kappa shape index (κ1) is 22.0. The molecule has 4 aromatic rings. The number of carbonyl (C=O) groups is 2. The number of thioether (sulfide) groups is 1. The van der Waals surface area contributed by atoms with E-state index >= 15 is 0 Å². The van der Waals surface area contributed by atoms with Crippen LogP contribution < -0.4 is 5.32 Å². The van der Waals surface area contributed by atoms with Crippen molar-refractivity contribution < 1.29 is 9.59 Å². The lowest BCUT2D eigenvalue weighted by molar-refractivity contribution is -0.117. The first-order valence-corrected chi connectivity index (χ1v) is 11.8. The Hall–Kier alpha value is -3.86. The lowest BCUT2D eigenvalue weighted by Crippen LogP contribution is -2.29. The molecule has 1 aliphatic rings. The second kappa shape index (κ2) is 9.18. The van der Waals surface area contributed by atoms with Crippen molar-refractivity contribution in [3.05, 3.63) is 95.1 Å². The Labute approximate surface area is 205 Å². The Balaban J connectivity index is 1.58. The summed E-state index contributed by atoms with van der Waals surface area (Å²) in [6.07, 6.45) is 0. The van der Waals surface area contributed by atoms with Crippen LogP contribution in [0.1, 0.15) is 16.1 Å². The molecular weight excluding hydrogens is 468 g/mol. The summed E-state index contributed by atoms with van der Waals surface area (Å²) in [5, 5.41) is 17.3. The van der Waals surface area contributed by atoms with Gasteiger partial charge in [0.05, 0.1) is 28.2 Å². The average molecular weight is 485 g/mol. The Morgan fingerprint density at radius 2 is 1.74 bits per heavy atom. The van der Waals surface area contributed by atoms with Crippen LogP contribution in [-0.2, 0) is 10.5 Å². The van der Waals surface area contributed by atoms with Gasteiger partial charge in [0.25, 0.3) is 0 Å². The zero-order chi connectivity index (χ0) is 23.7. The maximum absolute atomic E-state index is 13.5. The van der Waals surface area contributed by atoms with E-state index in [1.807, 2.05) is 60.7 Å². The lowest BCUT2D eigenvalue weighted by Gasteiger charge is -2.18.